The third-order valence-corrected chi connectivity index (χ3v) is 3.81. The minimum Gasteiger partial charge on any atom is -0.383 e. The lowest BCUT2D eigenvalue weighted by atomic mass is 10.1. The zero-order valence-corrected chi connectivity index (χ0v) is 10.4. The molecule has 3 rings (SSSR count). The molecule has 0 unspecified atom stereocenters. The number of hydrogen-bond donors (Lipinski definition) is 1. The number of thiophene rings is 1. The van der Waals surface area contributed by atoms with Gasteiger partial charge in [0.05, 0.1) is 18.9 Å². The molecule has 0 radical (unpaired) electrons. The van der Waals surface area contributed by atoms with E-state index in [1.165, 1.54) is 5.56 Å². The van der Waals surface area contributed by atoms with Crippen LogP contribution < -0.4 is 5.73 Å². The largest absolute Gasteiger partial charge is 0.383 e. The van der Waals surface area contributed by atoms with Crippen LogP contribution in [-0.2, 0) is 17.8 Å². The van der Waals surface area contributed by atoms with Crippen molar-refractivity contribution in [1.29, 1.82) is 0 Å². The van der Waals surface area contributed by atoms with Gasteiger partial charge in [-0.2, -0.15) is 11.3 Å². The molecule has 2 N–H and O–H groups in total. The monoisotopic (exact) mass is 247 g/mol. The number of ether oxygens (including phenoxy) is 1. The predicted octanol–water partition coefficient (Wildman–Crippen LogP) is 2.17. The van der Waals surface area contributed by atoms with Crippen LogP contribution in [0, 0.1) is 6.92 Å². The third kappa shape index (κ3) is 1.81. The van der Waals surface area contributed by atoms with Crippen LogP contribution in [0.3, 0.4) is 0 Å². The fourth-order valence-corrected chi connectivity index (χ4v) is 2.79. The van der Waals surface area contributed by atoms with Crippen molar-refractivity contribution in [3.05, 3.63) is 27.6 Å². The van der Waals surface area contributed by atoms with E-state index in [1.54, 1.807) is 11.3 Å². The Labute approximate surface area is 103 Å². The van der Waals surface area contributed by atoms with E-state index in [0.29, 0.717) is 19.0 Å². The first-order valence-corrected chi connectivity index (χ1v) is 6.46. The lowest BCUT2D eigenvalue weighted by Crippen LogP contribution is -2.16. The molecule has 0 saturated heterocycles. The molecule has 0 aromatic carbocycles. The van der Waals surface area contributed by atoms with Crippen LogP contribution in [-0.4, -0.2) is 16.6 Å². The van der Waals surface area contributed by atoms with Gasteiger partial charge < -0.3 is 10.5 Å². The summed E-state index contributed by atoms with van der Waals surface area (Å²) in [5, 5.41) is 4.16. The molecule has 88 valence electrons. The van der Waals surface area contributed by atoms with Crippen LogP contribution in [0.5, 0.6) is 0 Å². The molecule has 0 saturated carbocycles. The zero-order valence-electron chi connectivity index (χ0n) is 9.56. The van der Waals surface area contributed by atoms with Gasteiger partial charge in [0.15, 0.2) is 5.82 Å². The molecule has 0 amide bonds. The Balaban J connectivity index is 2.14. The summed E-state index contributed by atoms with van der Waals surface area (Å²) in [5.41, 5.74) is 10.2. The van der Waals surface area contributed by atoms with E-state index in [9.17, 15) is 0 Å². The summed E-state index contributed by atoms with van der Waals surface area (Å²) in [6, 6.07) is 0. The van der Waals surface area contributed by atoms with E-state index in [1.807, 2.05) is 0 Å². The molecule has 0 aliphatic carbocycles. The zero-order chi connectivity index (χ0) is 11.8. The number of nitrogen functional groups attached to an aromatic ring is 1. The molecule has 0 bridgehead atoms. The summed E-state index contributed by atoms with van der Waals surface area (Å²) in [6.45, 7) is 3.31. The van der Waals surface area contributed by atoms with Gasteiger partial charge in [-0.05, 0) is 17.9 Å². The van der Waals surface area contributed by atoms with Gasteiger partial charge in [-0.25, -0.2) is 9.97 Å². The van der Waals surface area contributed by atoms with Crippen molar-refractivity contribution < 1.29 is 4.74 Å². The average molecular weight is 247 g/mol. The lowest BCUT2D eigenvalue weighted by molar-refractivity contribution is 0.109. The first kappa shape index (κ1) is 10.7. The first-order chi connectivity index (χ1) is 8.25. The highest BCUT2D eigenvalue weighted by molar-refractivity contribution is 7.08. The summed E-state index contributed by atoms with van der Waals surface area (Å²) in [6.07, 6.45) is 0.818. The van der Waals surface area contributed by atoms with Gasteiger partial charge in [-0.15, -0.1) is 0 Å². The second kappa shape index (κ2) is 4.09. The number of hydrogen-bond acceptors (Lipinski definition) is 5. The van der Waals surface area contributed by atoms with Gasteiger partial charge in [0, 0.05) is 22.9 Å². The Hall–Kier alpha value is -1.46. The minimum atomic E-state index is 0.532. The number of fused-ring (bicyclic) bond motifs is 1. The molecule has 0 fully saturated rings. The van der Waals surface area contributed by atoms with Crippen LogP contribution in [0.15, 0.2) is 10.8 Å². The van der Waals surface area contributed by atoms with Gasteiger partial charge >= 0.3 is 0 Å². The Kier molecular flexibility index (Phi) is 2.57. The minimum absolute atomic E-state index is 0.532. The van der Waals surface area contributed by atoms with Gasteiger partial charge in [0.1, 0.15) is 5.82 Å². The number of nitrogens with two attached hydrogens (primary N) is 1. The Morgan fingerprint density at radius 3 is 3.00 bits per heavy atom. The van der Waals surface area contributed by atoms with E-state index < -0.39 is 0 Å². The number of rotatable bonds is 1. The highest BCUT2D eigenvalue weighted by Crippen LogP contribution is 2.28. The number of aromatic nitrogens is 2. The molecule has 0 spiro atoms. The van der Waals surface area contributed by atoms with Crippen molar-refractivity contribution >= 4 is 17.2 Å². The van der Waals surface area contributed by atoms with Crippen LogP contribution in [0.2, 0.25) is 0 Å². The second-order valence-electron chi connectivity index (χ2n) is 4.13. The fraction of sp³-hybridized carbons (Fsp3) is 0.333. The van der Waals surface area contributed by atoms with Crippen molar-refractivity contribution in [3.63, 3.8) is 0 Å². The Bertz CT molecular complexity index is 565. The maximum atomic E-state index is 5.97. The number of aryl methyl sites for hydroxylation is 1. The molecule has 3 heterocycles. The average Bonchev–Trinajstić information content (AvgIpc) is 2.75. The summed E-state index contributed by atoms with van der Waals surface area (Å²) in [4.78, 5) is 9.00. The fourth-order valence-electron chi connectivity index (χ4n) is 1.97. The van der Waals surface area contributed by atoms with Crippen molar-refractivity contribution in [2.75, 3.05) is 12.3 Å². The molecular formula is C12H13N3OS. The molecule has 0 atom stereocenters. The smallest absolute Gasteiger partial charge is 0.162 e. The van der Waals surface area contributed by atoms with E-state index in [-0.39, 0.29) is 0 Å². The quantitative estimate of drug-likeness (QED) is 0.839. The molecule has 5 heteroatoms. The van der Waals surface area contributed by atoms with Crippen molar-refractivity contribution in [1.82, 2.24) is 9.97 Å². The van der Waals surface area contributed by atoms with Gasteiger partial charge in [-0.1, -0.05) is 0 Å². The van der Waals surface area contributed by atoms with E-state index >= 15 is 0 Å². The summed E-state index contributed by atoms with van der Waals surface area (Å²) in [5.74, 6) is 1.29. The highest BCUT2D eigenvalue weighted by Gasteiger charge is 2.18. The van der Waals surface area contributed by atoms with Gasteiger partial charge in [0.25, 0.3) is 0 Å². The van der Waals surface area contributed by atoms with E-state index in [4.69, 9.17) is 10.5 Å². The predicted molar refractivity (Wildman–Crippen MR) is 67.9 cm³/mol. The second-order valence-corrected chi connectivity index (χ2v) is 4.87. The molecule has 4 nitrogen and oxygen atoms in total. The maximum absolute atomic E-state index is 5.97. The summed E-state index contributed by atoms with van der Waals surface area (Å²) < 4.78 is 5.37. The summed E-state index contributed by atoms with van der Waals surface area (Å²) >= 11 is 1.66. The standard InChI is InChI=1S/C12H13N3OS/c1-7-5-17-6-9(7)12-14-10-2-3-16-4-8(10)11(13)15-12/h5-6H,2-4H2,1H3,(H2,13,14,15). The van der Waals surface area contributed by atoms with Gasteiger partial charge in [-0.3, -0.25) is 0 Å². The highest BCUT2D eigenvalue weighted by atomic mass is 32.1. The van der Waals surface area contributed by atoms with E-state index in [2.05, 4.69) is 27.7 Å². The van der Waals surface area contributed by atoms with Crippen molar-refractivity contribution in [3.8, 4) is 11.4 Å². The molecule has 1 aliphatic heterocycles. The lowest BCUT2D eigenvalue weighted by Gasteiger charge is -2.17. The third-order valence-electron chi connectivity index (χ3n) is 2.95. The van der Waals surface area contributed by atoms with Crippen LogP contribution in [0.1, 0.15) is 16.8 Å². The topological polar surface area (TPSA) is 61.0 Å². The maximum Gasteiger partial charge on any atom is 0.162 e. The van der Waals surface area contributed by atoms with E-state index in [0.717, 1.165) is 29.1 Å². The van der Waals surface area contributed by atoms with Gasteiger partial charge in [0.2, 0.25) is 0 Å². The summed E-state index contributed by atoms with van der Waals surface area (Å²) in [7, 11) is 0. The van der Waals surface area contributed by atoms with Crippen LogP contribution in [0.4, 0.5) is 5.82 Å². The number of nitrogens with zero attached hydrogens (tertiary/aromatic N) is 2. The van der Waals surface area contributed by atoms with Crippen molar-refractivity contribution in [2.24, 2.45) is 0 Å². The number of anilines is 1. The van der Waals surface area contributed by atoms with Crippen LogP contribution in [0.25, 0.3) is 11.4 Å². The Morgan fingerprint density at radius 1 is 1.35 bits per heavy atom. The molecule has 2 aromatic rings. The van der Waals surface area contributed by atoms with Crippen molar-refractivity contribution in [2.45, 2.75) is 20.0 Å². The first-order valence-electron chi connectivity index (χ1n) is 5.52. The normalized spacial score (nSPS) is 14.6. The molecule has 17 heavy (non-hydrogen) atoms. The SMILES string of the molecule is Cc1cscc1-c1nc(N)c2c(n1)CCOC2. The van der Waals surface area contributed by atoms with Crippen LogP contribution >= 0.6 is 11.3 Å². The molecule has 2 aromatic heterocycles. The molecular weight excluding hydrogens is 234 g/mol. The Morgan fingerprint density at radius 2 is 2.24 bits per heavy atom. The molecule has 1 aliphatic rings.